The van der Waals surface area contributed by atoms with E-state index >= 15 is 0 Å². The summed E-state index contributed by atoms with van der Waals surface area (Å²) >= 11 is 0. The van der Waals surface area contributed by atoms with Crippen molar-refractivity contribution in [3.05, 3.63) is 35.4 Å². The van der Waals surface area contributed by atoms with Crippen molar-refractivity contribution < 1.29 is 14.6 Å². The first-order valence-electron chi connectivity index (χ1n) is 6.13. The molecule has 0 saturated heterocycles. The smallest absolute Gasteiger partial charge is 0.307 e. The summed E-state index contributed by atoms with van der Waals surface area (Å²) in [5.41, 5.74) is 1.94. The summed E-state index contributed by atoms with van der Waals surface area (Å²) in [6.07, 6.45) is -0.566. The van der Waals surface area contributed by atoms with Gasteiger partial charge in [0.05, 0.1) is 19.6 Å². The van der Waals surface area contributed by atoms with E-state index in [0.717, 1.165) is 11.1 Å². The Labute approximate surface area is 108 Å². The summed E-state index contributed by atoms with van der Waals surface area (Å²) in [5, 5.41) is 13.4. The lowest BCUT2D eigenvalue weighted by Crippen LogP contribution is -2.37. The van der Waals surface area contributed by atoms with Gasteiger partial charge in [-0.2, -0.15) is 0 Å². The van der Waals surface area contributed by atoms with Gasteiger partial charge < -0.3 is 15.2 Å². The fourth-order valence-electron chi connectivity index (χ4n) is 1.82. The minimum atomic E-state index is -0.718. The average molecular weight is 251 g/mol. The molecule has 0 bridgehead atoms. The van der Waals surface area contributed by atoms with E-state index in [1.165, 1.54) is 7.11 Å². The highest BCUT2D eigenvalue weighted by molar-refractivity contribution is 5.70. The summed E-state index contributed by atoms with van der Waals surface area (Å²) in [5.74, 6) is -0.327. The minimum Gasteiger partial charge on any atom is -0.469 e. The molecule has 1 rings (SSSR count). The molecule has 100 valence electrons. The number of hydrogen-bond acceptors (Lipinski definition) is 4. The van der Waals surface area contributed by atoms with Gasteiger partial charge in [0, 0.05) is 6.04 Å². The number of benzene rings is 1. The number of rotatable bonds is 6. The second kappa shape index (κ2) is 7.13. The van der Waals surface area contributed by atoms with Gasteiger partial charge in [0.25, 0.3) is 0 Å². The summed E-state index contributed by atoms with van der Waals surface area (Å²) in [4.78, 5) is 11.3. The van der Waals surface area contributed by atoms with Crippen LogP contribution in [0, 0.1) is 6.92 Å². The molecule has 0 radical (unpaired) electrons. The molecule has 0 amide bonds. The van der Waals surface area contributed by atoms with Crippen LogP contribution in [0.4, 0.5) is 0 Å². The molecule has 0 aliphatic carbocycles. The van der Waals surface area contributed by atoms with Crippen LogP contribution < -0.4 is 5.32 Å². The van der Waals surface area contributed by atoms with Gasteiger partial charge in [-0.3, -0.25) is 4.79 Å². The number of aliphatic hydroxyl groups excluding tert-OH is 1. The van der Waals surface area contributed by atoms with Gasteiger partial charge in [-0.15, -0.1) is 0 Å². The molecule has 0 saturated carbocycles. The maximum Gasteiger partial charge on any atom is 0.307 e. The minimum absolute atomic E-state index is 0.152. The highest BCUT2D eigenvalue weighted by Gasteiger charge is 2.23. The SMILES string of the molecule is CCNC(CC(=O)OC)C(O)c1ccc(C)cc1. The monoisotopic (exact) mass is 251 g/mol. The Morgan fingerprint density at radius 1 is 1.39 bits per heavy atom. The second-order valence-electron chi connectivity index (χ2n) is 4.30. The van der Waals surface area contributed by atoms with Crippen LogP contribution in [0.15, 0.2) is 24.3 Å². The third kappa shape index (κ3) is 4.13. The van der Waals surface area contributed by atoms with Crippen molar-refractivity contribution in [2.45, 2.75) is 32.4 Å². The van der Waals surface area contributed by atoms with E-state index in [9.17, 15) is 9.90 Å². The van der Waals surface area contributed by atoms with Crippen molar-refractivity contribution in [1.29, 1.82) is 0 Å². The molecule has 0 aromatic heterocycles. The number of carbonyl (C=O) groups is 1. The molecule has 0 aliphatic rings. The summed E-state index contributed by atoms with van der Waals surface area (Å²) in [6.45, 7) is 4.61. The summed E-state index contributed by atoms with van der Waals surface area (Å²) in [7, 11) is 1.35. The summed E-state index contributed by atoms with van der Waals surface area (Å²) < 4.78 is 4.64. The summed E-state index contributed by atoms with van der Waals surface area (Å²) in [6, 6.07) is 7.31. The fourth-order valence-corrected chi connectivity index (χ4v) is 1.82. The number of hydrogen-bond donors (Lipinski definition) is 2. The maximum absolute atomic E-state index is 11.3. The molecule has 4 heteroatoms. The highest BCUT2D eigenvalue weighted by Crippen LogP contribution is 2.19. The zero-order chi connectivity index (χ0) is 13.5. The van der Waals surface area contributed by atoms with Crippen LogP contribution in [0.5, 0.6) is 0 Å². The number of esters is 1. The quantitative estimate of drug-likeness (QED) is 0.753. The normalized spacial score (nSPS) is 14.0. The van der Waals surface area contributed by atoms with Crippen molar-refractivity contribution in [1.82, 2.24) is 5.32 Å². The van der Waals surface area contributed by atoms with Gasteiger partial charge in [0.2, 0.25) is 0 Å². The molecule has 1 aromatic rings. The molecule has 0 aliphatic heterocycles. The van der Waals surface area contributed by atoms with E-state index in [4.69, 9.17) is 0 Å². The first-order valence-corrected chi connectivity index (χ1v) is 6.13. The van der Waals surface area contributed by atoms with Crippen molar-refractivity contribution in [2.75, 3.05) is 13.7 Å². The number of likely N-dealkylation sites (N-methyl/N-ethyl adjacent to an activating group) is 1. The lowest BCUT2D eigenvalue weighted by molar-refractivity contribution is -0.142. The van der Waals surface area contributed by atoms with Crippen LogP contribution in [0.1, 0.15) is 30.6 Å². The fraction of sp³-hybridized carbons (Fsp3) is 0.500. The molecule has 0 heterocycles. The number of carbonyl (C=O) groups excluding carboxylic acids is 1. The molecule has 1 aromatic carbocycles. The number of aliphatic hydroxyl groups is 1. The zero-order valence-corrected chi connectivity index (χ0v) is 11.1. The van der Waals surface area contributed by atoms with E-state index in [1.807, 2.05) is 38.1 Å². The number of nitrogens with one attached hydrogen (secondary N) is 1. The number of aryl methyl sites for hydroxylation is 1. The molecule has 18 heavy (non-hydrogen) atoms. The molecular weight excluding hydrogens is 230 g/mol. The van der Waals surface area contributed by atoms with E-state index in [-0.39, 0.29) is 18.4 Å². The average Bonchev–Trinajstić information content (AvgIpc) is 2.38. The Morgan fingerprint density at radius 2 is 2.00 bits per heavy atom. The predicted octanol–water partition coefficient (Wildman–Crippen LogP) is 1.57. The molecule has 2 atom stereocenters. The van der Waals surface area contributed by atoms with Crippen LogP contribution >= 0.6 is 0 Å². The van der Waals surface area contributed by atoms with Crippen LogP contribution in [-0.4, -0.2) is 30.8 Å². The van der Waals surface area contributed by atoms with Crippen LogP contribution in [0.2, 0.25) is 0 Å². The number of ether oxygens (including phenoxy) is 1. The lowest BCUT2D eigenvalue weighted by atomic mass is 9.99. The molecule has 2 N–H and O–H groups in total. The van der Waals surface area contributed by atoms with Gasteiger partial charge in [-0.25, -0.2) is 0 Å². The van der Waals surface area contributed by atoms with Gasteiger partial charge >= 0.3 is 5.97 Å². The molecule has 4 nitrogen and oxygen atoms in total. The van der Waals surface area contributed by atoms with Gasteiger partial charge in [-0.05, 0) is 19.0 Å². The van der Waals surface area contributed by atoms with Crippen LogP contribution in [-0.2, 0) is 9.53 Å². The number of methoxy groups -OCH3 is 1. The molecule has 0 spiro atoms. The van der Waals surface area contributed by atoms with Crippen molar-refractivity contribution in [3.8, 4) is 0 Å². The third-order valence-electron chi connectivity index (χ3n) is 2.88. The van der Waals surface area contributed by atoms with E-state index in [1.54, 1.807) is 0 Å². The predicted molar refractivity (Wildman–Crippen MR) is 70.2 cm³/mol. The largest absolute Gasteiger partial charge is 0.469 e. The van der Waals surface area contributed by atoms with E-state index in [2.05, 4.69) is 10.1 Å². The Balaban J connectivity index is 2.77. The van der Waals surface area contributed by atoms with Crippen molar-refractivity contribution in [3.63, 3.8) is 0 Å². The van der Waals surface area contributed by atoms with Crippen molar-refractivity contribution >= 4 is 5.97 Å². The molecular formula is C14H21NO3. The van der Waals surface area contributed by atoms with Crippen molar-refractivity contribution in [2.24, 2.45) is 0 Å². The van der Waals surface area contributed by atoms with Gasteiger partial charge in [0.15, 0.2) is 0 Å². The standard InChI is InChI=1S/C14H21NO3/c1-4-15-12(9-13(16)18-3)14(17)11-7-5-10(2)6-8-11/h5-8,12,14-15,17H,4,9H2,1-3H3. The Kier molecular flexibility index (Phi) is 5.82. The Morgan fingerprint density at radius 3 is 2.50 bits per heavy atom. The van der Waals surface area contributed by atoms with Gasteiger partial charge in [0.1, 0.15) is 0 Å². The van der Waals surface area contributed by atoms with Crippen LogP contribution in [0.3, 0.4) is 0 Å². The molecule has 2 unspecified atom stereocenters. The Hall–Kier alpha value is -1.39. The first-order chi connectivity index (χ1) is 8.58. The highest BCUT2D eigenvalue weighted by atomic mass is 16.5. The van der Waals surface area contributed by atoms with Crippen LogP contribution in [0.25, 0.3) is 0 Å². The lowest BCUT2D eigenvalue weighted by Gasteiger charge is -2.23. The third-order valence-corrected chi connectivity index (χ3v) is 2.88. The Bertz CT molecular complexity index is 375. The second-order valence-corrected chi connectivity index (χ2v) is 4.30. The van der Waals surface area contributed by atoms with Gasteiger partial charge in [-0.1, -0.05) is 36.8 Å². The van der Waals surface area contributed by atoms with E-state index in [0.29, 0.717) is 6.54 Å². The van der Waals surface area contributed by atoms with E-state index < -0.39 is 6.10 Å². The molecule has 0 fully saturated rings. The first kappa shape index (κ1) is 14.7. The zero-order valence-electron chi connectivity index (χ0n) is 11.1. The topological polar surface area (TPSA) is 58.6 Å². The maximum atomic E-state index is 11.3.